The lowest BCUT2D eigenvalue weighted by Gasteiger charge is -2.16. The van der Waals surface area contributed by atoms with Crippen molar-refractivity contribution in [3.63, 3.8) is 0 Å². The molecule has 0 radical (unpaired) electrons. The van der Waals surface area contributed by atoms with E-state index in [9.17, 15) is 0 Å². The maximum Gasteiger partial charge on any atom is 0.0775 e. The van der Waals surface area contributed by atoms with Gasteiger partial charge in [-0.1, -0.05) is 12.5 Å². The monoisotopic (exact) mass is 161 g/mol. The molecule has 0 aromatic heterocycles. The van der Waals surface area contributed by atoms with Crippen LogP contribution in [-0.4, -0.2) is 23.9 Å². The van der Waals surface area contributed by atoms with Crippen LogP contribution in [0.15, 0.2) is 5.54 Å². The Balaban J connectivity index is 2.28. The summed E-state index contributed by atoms with van der Waals surface area (Å²) in [4.78, 5) is 0. The molecule has 1 N–H and O–H groups in total. The molecule has 0 unspecified atom stereocenters. The van der Waals surface area contributed by atoms with Crippen molar-refractivity contribution >= 4 is 11.6 Å². The van der Waals surface area contributed by atoms with Crippen molar-refractivity contribution in [3.8, 4) is 0 Å². The Morgan fingerprint density at radius 1 is 1.70 bits per heavy atom. The van der Waals surface area contributed by atoms with E-state index in [-0.39, 0.29) is 18.8 Å². The largest absolute Gasteiger partial charge is 0.455 e. The van der Waals surface area contributed by atoms with E-state index >= 15 is 0 Å². The highest BCUT2D eigenvalue weighted by atomic mass is 35.5. The van der Waals surface area contributed by atoms with Crippen molar-refractivity contribution in [2.24, 2.45) is 0 Å². The van der Waals surface area contributed by atoms with Gasteiger partial charge in [-0.3, -0.25) is 0 Å². The van der Waals surface area contributed by atoms with Crippen LogP contribution >= 0.6 is 11.6 Å². The average Bonchev–Trinajstić information content (AvgIpc) is 2.37. The summed E-state index contributed by atoms with van der Waals surface area (Å²) < 4.78 is 5.27. The Bertz CT molecular complexity index is 125. The molecule has 58 valence electrons. The molecular formula is C7H10ClO2-. The van der Waals surface area contributed by atoms with Crippen LogP contribution < -0.4 is 0 Å². The molecule has 0 aromatic rings. The van der Waals surface area contributed by atoms with E-state index in [0.29, 0.717) is 0 Å². The van der Waals surface area contributed by atoms with Crippen LogP contribution in [0.2, 0.25) is 0 Å². The fourth-order valence-corrected chi connectivity index (χ4v) is 1.17. The molecule has 0 spiro atoms. The van der Waals surface area contributed by atoms with Gasteiger partial charge in [-0.15, -0.1) is 11.6 Å². The zero-order valence-corrected chi connectivity index (χ0v) is 6.34. The minimum absolute atomic E-state index is 0.00495. The number of rotatable bonds is 2. The summed E-state index contributed by atoms with van der Waals surface area (Å²) in [7, 11) is 0. The maximum absolute atomic E-state index is 8.66. The summed E-state index contributed by atoms with van der Waals surface area (Å²) in [6.45, 7) is 0.0977. The zero-order chi connectivity index (χ0) is 7.40. The first kappa shape index (κ1) is 8.05. The number of aliphatic hydroxyl groups is 1. The SMILES string of the molecule is OC[C@@H]1CC[C@@H]([C-]=CCl)O1. The normalized spacial score (nSPS) is 33.8. The lowest BCUT2D eigenvalue weighted by atomic mass is 10.2. The number of aliphatic hydroxyl groups excluding tert-OH is 1. The van der Waals surface area contributed by atoms with Crippen LogP contribution in [0.3, 0.4) is 0 Å². The average molecular weight is 162 g/mol. The molecular weight excluding hydrogens is 152 g/mol. The second-order valence-electron chi connectivity index (χ2n) is 2.28. The minimum atomic E-state index is -0.00545. The van der Waals surface area contributed by atoms with E-state index < -0.39 is 0 Å². The summed E-state index contributed by atoms with van der Waals surface area (Å²) >= 11 is 5.29. The summed E-state index contributed by atoms with van der Waals surface area (Å²) in [5.41, 5.74) is 1.34. The van der Waals surface area contributed by atoms with Crippen LogP contribution in [0.4, 0.5) is 0 Å². The first-order valence-corrected chi connectivity index (χ1v) is 3.74. The Hall–Kier alpha value is -0.0500. The quantitative estimate of drug-likeness (QED) is 0.615. The van der Waals surface area contributed by atoms with Gasteiger partial charge in [-0.05, 0) is 6.42 Å². The van der Waals surface area contributed by atoms with Crippen molar-refractivity contribution in [3.05, 3.63) is 11.6 Å². The van der Waals surface area contributed by atoms with Gasteiger partial charge in [-0.25, -0.2) is 0 Å². The van der Waals surface area contributed by atoms with Crippen molar-refractivity contribution in [2.75, 3.05) is 6.61 Å². The lowest BCUT2D eigenvalue weighted by molar-refractivity contribution is 0.0284. The second kappa shape index (κ2) is 3.96. The zero-order valence-electron chi connectivity index (χ0n) is 5.59. The maximum atomic E-state index is 8.66. The first-order valence-electron chi connectivity index (χ1n) is 3.31. The van der Waals surface area contributed by atoms with Crippen LogP contribution in [0.5, 0.6) is 0 Å². The van der Waals surface area contributed by atoms with Gasteiger partial charge in [0.2, 0.25) is 0 Å². The Morgan fingerprint density at radius 2 is 2.50 bits per heavy atom. The molecule has 1 aliphatic rings. The van der Waals surface area contributed by atoms with E-state index in [4.69, 9.17) is 21.4 Å². The molecule has 0 aliphatic carbocycles. The summed E-state index contributed by atoms with van der Waals surface area (Å²) in [5.74, 6) is 0. The molecule has 0 amide bonds. The highest BCUT2D eigenvalue weighted by Gasteiger charge is 2.16. The first-order chi connectivity index (χ1) is 4.86. The molecule has 0 aromatic carbocycles. The van der Waals surface area contributed by atoms with E-state index in [1.54, 1.807) is 0 Å². The number of hydrogen-bond donors (Lipinski definition) is 1. The van der Waals surface area contributed by atoms with E-state index in [0.717, 1.165) is 12.8 Å². The van der Waals surface area contributed by atoms with E-state index in [2.05, 4.69) is 6.08 Å². The molecule has 1 rings (SSSR count). The third-order valence-electron chi connectivity index (χ3n) is 1.56. The molecule has 1 aliphatic heterocycles. The molecule has 1 saturated heterocycles. The van der Waals surface area contributed by atoms with Gasteiger partial charge >= 0.3 is 0 Å². The van der Waals surface area contributed by atoms with Gasteiger partial charge < -0.3 is 15.9 Å². The van der Waals surface area contributed by atoms with Gasteiger partial charge in [0.05, 0.1) is 12.7 Å². The van der Waals surface area contributed by atoms with Crippen LogP contribution in [0.25, 0.3) is 0 Å². The topological polar surface area (TPSA) is 29.5 Å². The van der Waals surface area contributed by atoms with Crippen LogP contribution in [0, 0.1) is 6.08 Å². The van der Waals surface area contributed by atoms with Crippen molar-refractivity contribution in [1.29, 1.82) is 0 Å². The predicted molar refractivity (Wildman–Crippen MR) is 38.6 cm³/mol. The molecule has 3 heteroatoms. The molecule has 1 fully saturated rings. The number of halogens is 1. The molecule has 10 heavy (non-hydrogen) atoms. The van der Waals surface area contributed by atoms with Gasteiger partial charge in [0.25, 0.3) is 0 Å². The number of ether oxygens (including phenoxy) is 1. The summed E-state index contributed by atoms with van der Waals surface area (Å²) in [6, 6.07) is 0. The smallest absolute Gasteiger partial charge is 0.0775 e. The highest BCUT2D eigenvalue weighted by Crippen LogP contribution is 2.19. The fourth-order valence-electron chi connectivity index (χ4n) is 1.03. The molecule has 2 nitrogen and oxygen atoms in total. The Morgan fingerprint density at radius 3 is 3.00 bits per heavy atom. The van der Waals surface area contributed by atoms with Gasteiger partial charge in [0, 0.05) is 0 Å². The molecule has 1 heterocycles. The van der Waals surface area contributed by atoms with Gasteiger partial charge in [0.15, 0.2) is 0 Å². The van der Waals surface area contributed by atoms with Gasteiger partial charge in [-0.2, -0.15) is 5.54 Å². The van der Waals surface area contributed by atoms with Crippen molar-refractivity contribution in [1.82, 2.24) is 0 Å². The molecule has 2 atom stereocenters. The third-order valence-corrected chi connectivity index (χ3v) is 1.69. The summed E-state index contributed by atoms with van der Waals surface area (Å²) in [5, 5.41) is 8.66. The number of hydrogen-bond acceptors (Lipinski definition) is 2. The van der Waals surface area contributed by atoms with Crippen LogP contribution in [0.1, 0.15) is 12.8 Å². The molecule has 0 bridgehead atoms. The standard InChI is InChI=1S/C7H10ClO2/c8-4-3-6-1-2-7(5-9)10-6/h4,6-7,9H,1-2,5H2/q-1/t6-,7-/m0/s1. The Labute approximate surface area is 65.4 Å². The Kier molecular flexibility index (Phi) is 3.19. The van der Waals surface area contributed by atoms with E-state index in [1.807, 2.05) is 0 Å². The van der Waals surface area contributed by atoms with Crippen molar-refractivity contribution in [2.45, 2.75) is 25.0 Å². The van der Waals surface area contributed by atoms with Crippen molar-refractivity contribution < 1.29 is 9.84 Å². The third kappa shape index (κ3) is 1.97. The predicted octanol–water partition coefficient (Wildman–Crippen LogP) is 1.08. The van der Waals surface area contributed by atoms with Gasteiger partial charge in [0.1, 0.15) is 0 Å². The minimum Gasteiger partial charge on any atom is -0.455 e. The molecule has 0 saturated carbocycles. The highest BCUT2D eigenvalue weighted by molar-refractivity contribution is 6.25. The summed E-state index contributed by atoms with van der Waals surface area (Å²) in [6.07, 6.45) is 4.62. The van der Waals surface area contributed by atoms with E-state index in [1.165, 1.54) is 5.54 Å². The lowest BCUT2D eigenvalue weighted by Crippen LogP contribution is -2.12. The fraction of sp³-hybridized carbons (Fsp3) is 0.714. The second-order valence-corrected chi connectivity index (χ2v) is 2.50. The van der Waals surface area contributed by atoms with Crippen LogP contribution in [-0.2, 0) is 4.74 Å².